The van der Waals surface area contributed by atoms with Gasteiger partial charge in [-0.2, -0.15) is 0 Å². The first kappa shape index (κ1) is 14.1. The lowest BCUT2D eigenvalue weighted by Crippen LogP contribution is -2.21. The maximum absolute atomic E-state index is 13.8. The molecule has 1 aromatic rings. The van der Waals surface area contributed by atoms with Gasteiger partial charge >= 0.3 is 5.97 Å². The zero-order valence-corrected chi connectivity index (χ0v) is 10.3. The van der Waals surface area contributed by atoms with Crippen LogP contribution in [0, 0.1) is 18.6 Å². The molecule has 1 rings (SSSR count). The predicted octanol–water partition coefficient (Wildman–Crippen LogP) is 1.70. The first-order valence-corrected chi connectivity index (χ1v) is 5.18. The molecule has 0 fully saturated rings. The topological polar surface area (TPSA) is 55.4 Å². The molecule has 0 saturated carbocycles. The van der Waals surface area contributed by atoms with E-state index in [4.69, 9.17) is 0 Å². The molecule has 0 bridgehead atoms. The second-order valence-corrected chi connectivity index (χ2v) is 3.72. The van der Waals surface area contributed by atoms with Crippen molar-refractivity contribution >= 4 is 11.9 Å². The molecule has 6 heteroatoms. The van der Waals surface area contributed by atoms with Crippen LogP contribution >= 0.6 is 0 Å². The third-order valence-corrected chi connectivity index (χ3v) is 2.50. The number of amides is 1. The zero-order chi connectivity index (χ0) is 13.9. The van der Waals surface area contributed by atoms with Gasteiger partial charge in [0.15, 0.2) is 0 Å². The molecule has 0 aliphatic heterocycles. The number of methoxy groups -OCH3 is 1. The van der Waals surface area contributed by atoms with Crippen molar-refractivity contribution in [3.63, 3.8) is 0 Å². The summed E-state index contributed by atoms with van der Waals surface area (Å²) in [5.41, 5.74) is -0.474. The van der Waals surface area contributed by atoms with Crippen LogP contribution in [0.15, 0.2) is 6.07 Å². The fraction of sp³-hybridized carbons (Fsp3) is 0.333. The van der Waals surface area contributed by atoms with E-state index >= 15 is 0 Å². The summed E-state index contributed by atoms with van der Waals surface area (Å²) in [7, 11) is 1.08. The molecule has 0 aliphatic rings. The van der Waals surface area contributed by atoms with E-state index < -0.39 is 23.2 Å². The summed E-state index contributed by atoms with van der Waals surface area (Å²) in [6, 6.07) is 0.769. The molecule has 1 aromatic carbocycles. The van der Waals surface area contributed by atoms with Gasteiger partial charge in [0, 0.05) is 19.0 Å². The third-order valence-electron chi connectivity index (χ3n) is 2.50. The fourth-order valence-corrected chi connectivity index (χ4v) is 1.48. The van der Waals surface area contributed by atoms with Crippen molar-refractivity contribution in [2.24, 2.45) is 0 Å². The van der Waals surface area contributed by atoms with Crippen molar-refractivity contribution in [3.8, 4) is 0 Å². The highest BCUT2D eigenvalue weighted by molar-refractivity contribution is 5.90. The monoisotopic (exact) mass is 257 g/mol. The predicted molar refractivity (Wildman–Crippen MR) is 60.0 cm³/mol. The molecular weight excluding hydrogens is 244 g/mol. The highest BCUT2D eigenvalue weighted by Gasteiger charge is 2.20. The van der Waals surface area contributed by atoms with Crippen LogP contribution in [0.1, 0.15) is 28.4 Å². The number of carbonyl (C=O) groups excluding carboxylic acids is 2. The van der Waals surface area contributed by atoms with E-state index in [1.807, 2.05) is 0 Å². The smallest absolute Gasteiger partial charge is 0.340 e. The van der Waals surface area contributed by atoms with Crippen LogP contribution in [0.4, 0.5) is 8.78 Å². The van der Waals surface area contributed by atoms with Gasteiger partial charge in [0.1, 0.15) is 11.6 Å². The van der Waals surface area contributed by atoms with Gasteiger partial charge in [0.2, 0.25) is 5.91 Å². The van der Waals surface area contributed by atoms with E-state index in [0.29, 0.717) is 0 Å². The lowest BCUT2D eigenvalue weighted by atomic mass is 10.0. The van der Waals surface area contributed by atoms with Crippen molar-refractivity contribution in [1.29, 1.82) is 0 Å². The first-order chi connectivity index (χ1) is 8.38. The van der Waals surface area contributed by atoms with Crippen molar-refractivity contribution in [3.05, 3.63) is 34.4 Å². The van der Waals surface area contributed by atoms with Crippen LogP contribution in [0.25, 0.3) is 0 Å². The molecular formula is C12H13F2NO3. The average Bonchev–Trinajstić information content (AvgIpc) is 2.32. The van der Waals surface area contributed by atoms with Crippen LogP contribution in [0.3, 0.4) is 0 Å². The van der Waals surface area contributed by atoms with Gasteiger partial charge in [0.05, 0.1) is 12.7 Å². The summed E-state index contributed by atoms with van der Waals surface area (Å²) in [5.74, 6) is -2.90. The summed E-state index contributed by atoms with van der Waals surface area (Å²) in [6.45, 7) is 2.47. The van der Waals surface area contributed by atoms with Gasteiger partial charge in [-0.15, -0.1) is 0 Å². The Morgan fingerprint density at radius 2 is 2.00 bits per heavy atom. The molecule has 98 valence electrons. The molecule has 0 aliphatic carbocycles. The van der Waals surface area contributed by atoms with Gasteiger partial charge < -0.3 is 10.1 Å². The number of rotatable bonds is 3. The molecule has 0 saturated heterocycles. The van der Waals surface area contributed by atoms with Crippen LogP contribution in [0.2, 0.25) is 0 Å². The summed E-state index contributed by atoms with van der Waals surface area (Å²) >= 11 is 0. The zero-order valence-electron chi connectivity index (χ0n) is 10.3. The molecule has 0 heterocycles. The van der Waals surface area contributed by atoms with Crippen molar-refractivity contribution in [1.82, 2.24) is 5.32 Å². The third kappa shape index (κ3) is 2.82. The molecule has 0 radical (unpaired) electrons. The number of halogens is 2. The van der Waals surface area contributed by atoms with E-state index in [2.05, 4.69) is 10.1 Å². The van der Waals surface area contributed by atoms with Crippen molar-refractivity contribution in [2.45, 2.75) is 20.4 Å². The molecule has 18 heavy (non-hydrogen) atoms. The quantitative estimate of drug-likeness (QED) is 0.838. The molecule has 0 unspecified atom stereocenters. The van der Waals surface area contributed by atoms with Crippen LogP contribution in [-0.2, 0) is 16.1 Å². The summed E-state index contributed by atoms with van der Waals surface area (Å²) in [5, 5.41) is 2.37. The lowest BCUT2D eigenvalue weighted by molar-refractivity contribution is -0.119. The SMILES string of the molecule is COC(=O)c1cc(F)c(CNC(C)=O)c(C)c1F. The minimum Gasteiger partial charge on any atom is -0.465 e. The largest absolute Gasteiger partial charge is 0.465 e. The minimum absolute atomic E-state index is 0.00959. The Balaban J connectivity index is 3.20. The second kappa shape index (κ2) is 5.57. The Hall–Kier alpha value is -1.98. The van der Waals surface area contributed by atoms with Gasteiger partial charge in [-0.05, 0) is 18.6 Å². The summed E-state index contributed by atoms with van der Waals surface area (Å²) in [6.07, 6.45) is 0. The second-order valence-electron chi connectivity index (χ2n) is 3.72. The molecule has 1 amide bonds. The average molecular weight is 257 g/mol. The van der Waals surface area contributed by atoms with E-state index in [9.17, 15) is 18.4 Å². The maximum Gasteiger partial charge on any atom is 0.340 e. The fourth-order valence-electron chi connectivity index (χ4n) is 1.48. The van der Waals surface area contributed by atoms with E-state index in [1.165, 1.54) is 13.8 Å². The lowest BCUT2D eigenvalue weighted by Gasteiger charge is -2.11. The van der Waals surface area contributed by atoms with Crippen molar-refractivity contribution < 1.29 is 23.1 Å². The summed E-state index contributed by atoms with van der Waals surface area (Å²) in [4.78, 5) is 22.0. The van der Waals surface area contributed by atoms with Gasteiger partial charge in [-0.25, -0.2) is 13.6 Å². The van der Waals surface area contributed by atoms with E-state index in [0.717, 1.165) is 13.2 Å². The summed E-state index contributed by atoms with van der Waals surface area (Å²) < 4.78 is 31.9. The van der Waals surface area contributed by atoms with Crippen molar-refractivity contribution in [2.75, 3.05) is 7.11 Å². The number of esters is 1. The number of nitrogens with one attached hydrogen (secondary N) is 1. The Morgan fingerprint density at radius 3 is 2.50 bits per heavy atom. The number of ether oxygens (including phenoxy) is 1. The van der Waals surface area contributed by atoms with Crippen LogP contribution < -0.4 is 5.32 Å². The Morgan fingerprint density at radius 1 is 1.39 bits per heavy atom. The molecule has 4 nitrogen and oxygen atoms in total. The van der Waals surface area contributed by atoms with Gasteiger partial charge in [-0.3, -0.25) is 4.79 Å². The van der Waals surface area contributed by atoms with Crippen LogP contribution in [0.5, 0.6) is 0 Å². The Kier molecular flexibility index (Phi) is 4.36. The maximum atomic E-state index is 13.8. The standard InChI is InChI=1S/C12H13F2NO3/c1-6-9(5-15-7(2)16)10(13)4-8(11(6)14)12(17)18-3/h4H,5H2,1-3H3,(H,15,16). The Bertz CT molecular complexity index is 501. The highest BCUT2D eigenvalue weighted by atomic mass is 19.1. The van der Waals surface area contributed by atoms with E-state index in [-0.39, 0.29) is 23.6 Å². The highest BCUT2D eigenvalue weighted by Crippen LogP contribution is 2.21. The molecule has 0 aromatic heterocycles. The molecule has 0 atom stereocenters. The number of hydrogen-bond acceptors (Lipinski definition) is 3. The first-order valence-electron chi connectivity index (χ1n) is 5.18. The normalized spacial score (nSPS) is 10.1. The number of carbonyl (C=O) groups is 2. The Labute approximate surface area is 103 Å². The number of hydrogen-bond donors (Lipinski definition) is 1. The minimum atomic E-state index is -0.944. The van der Waals surface area contributed by atoms with E-state index in [1.54, 1.807) is 0 Å². The van der Waals surface area contributed by atoms with Crippen LogP contribution in [-0.4, -0.2) is 19.0 Å². The number of benzene rings is 1. The van der Waals surface area contributed by atoms with Gasteiger partial charge in [0.25, 0.3) is 0 Å². The van der Waals surface area contributed by atoms with Gasteiger partial charge in [-0.1, -0.05) is 0 Å². The molecule has 1 N–H and O–H groups in total. The molecule has 0 spiro atoms.